The Hall–Kier alpha value is -2.25. The maximum Gasteiger partial charge on any atom is 0.573 e. The van der Waals surface area contributed by atoms with Crippen molar-refractivity contribution < 1.29 is 32.6 Å². The molecule has 1 saturated heterocycles. The standard InChI is InChI=1S/C16H18F3NO4/c17-16(18,19)24-13-6-4-12(5-7-13)15(23)20-9-1-2-11(10-20)3-8-14(21)22/h4-7,11H,1-3,8-10H2,(H,21,22)/t11-/m1/s1. The molecule has 1 N–H and O–H groups in total. The van der Waals surface area contributed by atoms with Gasteiger partial charge in [0.2, 0.25) is 0 Å². The van der Waals surface area contributed by atoms with Crippen molar-refractivity contribution in [2.24, 2.45) is 5.92 Å². The number of rotatable bonds is 5. The second-order valence-electron chi connectivity index (χ2n) is 5.76. The van der Waals surface area contributed by atoms with Gasteiger partial charge in [0, 0.05) is 25.1 Å². The highest BCUT2D eigenvalue weighted by Gasteiger charge is 2.31. The lowest BCUT2D eigenvalue weighted by Gasteiger charge is -2.32. The molecule has 0 saturated carbocycles. The fourth-order valence-electron chi connectivity index (χ4n) is 2.79. The smallest absolute Gasteiger partial charge is 0.481 e. The van der Waals surface area contributed by atoms with Gasteiger partial charge < -0.3 is 14.7 Å². The number of hydrogen-bond acceptors (Lipinski definition) is 3. The lowest BCUT2D eigenvalue weighted by Crippen LogP contribution is -2.40. The zero-order valence-electron chi connectivity index (χ0n) is 12.9. The van der Waals surface area contributed by atoms with Gasteiger partial charge in [0.1, 0.15) is 5.75 Å². The highest BCUT2D eigenvalue weighted by Crippen LogP contribution is 2.25. The van der Waals surface area contributed by atoms with Crippen LogP contribution < -0.4 is 4.74 Å². The number of halogens is 3. The van der Waals surface area contributed by atoms with Crippen molar-refractivity contribution in [3.05, 3.63) is 29.8 Å². The quantitative estimate of drug-likeness (QED) is 0.889. The summed E-state index contributed by atoms with van der Waals surface area (Å²) in [6, 6.07) is 4.80. The molecule has 0 aliphatic carbocycles. The molecule has 1 aromatic carbocycles. The second-order valence-corrected chi connectivity index (χ2v) is 5.76. The molecule has 24 heavy (non-hydrogen) atoms. The normalized spacial score (nSPS) is 18.3. The summed E-state index contributed by atoms with van der Waals surface area (Å²) in [4.78, 5) is 24.7. The van der Waals surface area contributed by atoms with Crippen molar-refractivity contribution >= 4 is 11.9 Å². The van der Waals surface area contributed by atoms with Crippen molar-refractivity contribution in [3.63, 3.8) is 0 Å². The predicted octanol–water partition coefficient (Wildman–Crippen LogP) is 3.30. The number of carbonyl (C=O) groups excluding carboxylic acids is 1. The van der Waals surface area contributed by atoms with Gasteiger partial charge in [-0.1, -0.05) is 0 Å². The van der Waals surface area contributed by atoms with Crippen LogP contribution in [0.5, 0.6) is 5.75 Å². The lowest BCUT2D eigenvalue weighted by atomic mass is 9.93. The summed E-state index contributed by atoms with van der Waals surface area (Å²) in [5.41, 5.74) is 0.281. The van der Waals surface area contributed by atoms with E-state index in [4.69, 9.17) is 5.11 Å². The van der Waals surface area contributed by atoms with Crippen molar-refractivity contribution in [1.82, 2.24) is 4.90 Å². The van der Waals surface area contributed by atoms with E-state index in [0.29, 0.717) is 19.5 Å². The van der Waals surface area contributed by atoms with Crippen LogP contribution in [0.4, 0.5) is 13.2 Å². The van der Waals surface area contributed by atoms with Crippen LogP contribution in [0.15, 0.2) is 24.3 Å². The first-order valence-electron chi connectivity index (χ1n) is 7.61. The second kappa shape index (κ2) is 7.55. The fourth-order valence-corrected chi connectivity index (χ4v) is 2.79. The first kappa shape index (κ1) is 18.1. The minimum Gasteiger partial charge on any atom is -0.481 e. The summed E-state index contributed by atoms with van der Waals surface area (Å²) >= 11 is 0. The molecule has 1 aliphatic rings. The number of amides is 1. The van der Waals surface area contributed by atoms with Gasteiger partial charge in [0.25, 0.3) is 5.91 Å². The zero-order chi connectivity index (χ0) is 17.7. The number of aliphatic carboxylic acids is 1. The monoisotopic (exact) mass is 345 g/mol. The molecule has 0 bridgehead atoms. The number of carboxylic acid groups (broad SMARTS) is 1. The Morgan fingerprint density at radius 2 is 1.92 bits per heavy atom. The molecule has 1 fully saturated rings. The van der Waals surface area contributed by atoms with Crippen LogP contribution in [0, 0.1) is 5.92 Å². The van der Waals surface area contributed by atoms with Crippen LogP contribution in [-0.2, 0) is 4.79 Å². The third-order valence-electron chi connectivity index (χ3n) is 3.91. The van der Waals surface area contributed by atoms with Gasteiger partial charge in [-0.05, 0) is 49.4 Å². The van der Waals surface area contributed by atoms with Gasteiger partial charge in [-0.2, -0.15) is 0 Å². The van der Waals surface area contributed by atoms with E-state index in [0.717, 1.165) is 25.0 Å². The Labute approximate surface area is 137 Å². The number of hydrogen-bond donors (Lipinski definition) is 1. The molecule has 1 atom stereocenters. The molecule has 8 heteroatoms. The van der Waals surface area contributed by atoms with Crippen LogP contribution in [0.1, 0.15) is 36.0 Å². The van der Waals surface area contributed by atoms with Gasteiger partial charge in [0.15, 0.2) is 0 Å². The average Bonchev–Trinajstić information content (AvgIpc) is 2.52. The Morgan fingerprint density at radius 1 is 1.25 bits per heavy atom. The third kappa shape index (κ3) is 5.43. The number of carboxylic acids is 1. The molecular weight excluding hydrogens is 327 g/mol. The van der Waals surface area contributed by atoms with E-state index in [2.05, 4.69) is 4.74 Å². The van der Waals surface area contributed by atoms with E-state index < -0.39 is 12.3 Å². The minimum atomic E-state index is -4.77. The summed E-state index contributed by atoms with van der Waals surface area (Å²) in [6.07, 6.45) is -2.54. The summed E-state index contributed by atoms with van der Waals surface area (Å²) in [5, 5.41) is 8.73. The zero-order valence-corrected chi connectivity index (χ0v) is 12.9. The van der Waals surface area contributed by atoms with E-state index in [1.54, 1.807) is 4.90 Å². The van der Waals surface area contributed by atoms with Gasteiger partial charge in [-0.3, -0.25) is 9.59 Å². The van der Waals surface area contributed by atoms with Gasteiger partial charge >= 0.3 is 12.3 Å². The Bertz CT molecular complexity index is 586. The Balaban J connectivity index is 1.96. The highest BCUT2D eigenvalue weighted by molar-refractivity contribution is 5.94. The molecule has 0 unspecified atom stereocenters. The number of nitrogens with zero attached hydrogens (tertiary/aromatic N) is 1. The van der Waals surface area contributed by atoms with E-state index in [1.807, 2.05) is 0 Å². The molecule has 1 aromatic rings. The third-order valence-corrected chi connectivity index (χ3v) is 3.91. The van der Waals surface area contributed by atoms with Crippen molar-refractivity contribution in [1.29, 1.82) is 0 Å². The number of ether oxygens (including phenoxy) is 1. The molecule has 1 amide bonds. The molecule has 1 heterocycles. The van der Waals surface area contributed by atoms with Crippen LogP contribution in [0.2, 0.25) is 0 Å². The fraction of sp³-hybridized carbons (Fsp3) is 0.500. The first-order valence-corrected chi connectivity index (χ1v) is 7.61. The van der Waals surface area contributed by atoms with Crippen LogP contribution in [0.25, 0.3) is 0 Å². The summed E-state index contributed by atoms with van der Waals surface area (Å²) in [6.45, 7) is 1.02. The Kier molecular flexibility index (Phi) is 5.69. The maximum absolute atomic E-state index is 12.4. The van der Waals surface area contributed by atoms with Crippen molar-refractivity contribution in [2.75, 3.05) is 13.1 Å². The van der Waals surface area contributed by atoms with Gasteiger partial charge in [-0.15, -0.1) is 13.2 Å². The maximum atomic E-state index is 12.4. The van der Waals surface area contributed by atoms with E-state index in [-0.39, 0.29) is 29.6 Å². The summed E-state index contributed by atoms with van der Waals surface area (Å²) in [5.74, 6) is -1.38. The van der Waals surface area contributed by atoms with Crippen LogP contribution in [-0.4, -0.2) is 41.3 Å². The van der Waals surface area contributed by atoms with E-state index >= 15 is 0 Å². The number of likely N-dealkylation sites (tertiary alicyclic amines) is 1. The lowest BCUT2D eigenvalue weighted by molar-refractivity contribution is -0.274. The number of benzene rings is 1. The average molecular weight is 345 g/mol. The Morgan fingerprint density at radius 3 is 2.50 bits per heavy atom. The molecule has 2 rings (SSSR count). The van der Waals surface area contributed by atoms with E-state index in [1.165, 1.54) is 12.1 Å². The van der Waals surface area contributed by atoms with Crippen LogP contribution in [0.3, 0.4) is 0 Å². The molecule has 5 nitrogen and oxygen atoms in total. The predicted molar refractivity (Wildman–Crippen MR) is 78.6 cm³/mol. The van der Waals surface area contributed by atoms with Crippen molar-refractivity contribution in [3.8, 4) is 5.75 Å². The number of alkyl halides is 3. The SMILES string of the molecule is O=C(O)CC[C@H]1CCCN(C(=O)c2ccc(OC(F)(F)F)cc2)C1. The van der Waals surface area contributed by atoms with Gasteiger partial charge in [-0.25, -0.2) is 0 Å². The van der Waals surface area contributed by atoms with Crippen LogP contribution >= 0.6 is 0 Å². The molecule has 0 radical (unpaired) electrons. The largest absolute Gasteiger partial charge is 0.573 e. The topological polar surface area (TPSA) is 66.8 Å². The molecule has 132 valence electrons. The first-order chi connectivity index (χ1) is 11.2. The molecule has 1 aliphatic heterocycles. The highest BCUT2D eigenvalue weighted by atomic mass is 19.4. The molecule has 0 aromatic heterocycles. The molecule has 0 spiro atoms. The number of carbonyl (C=O) groups is 2. The van der Waals surface area contributed by atoms with Gasteiger partial charge in [0.05, 0.1) is 0 Å². The number of piperidine rings is 1. The van der Waals surface area contributed by atoms with Crippen molar-refractivity contribution in [2.45, 2.75) is 32.0 Å². The summed E-state index contributed by atoms with van der Waals surface area (Å²) < 4.78 is 40.1. The minimum absolute atomic E-state index is 0.0657. The molecular formula is C16H18F3NO4. The van der Waals surface area contributed by atoms with E-state index in [9.17, 15) is 22.8 Å². The summed E-state index contributed by atoms with van der Waals surface area (Å²) in [7, 11) is 0.